The predicted octanol–water partition coefficient (Wildman–Crippen LogP) is 2.55. The molecule has 1 unspecified atom stereocenters. The van der Waals surface area contributed by atoms with Crippen molar-refractivity contribution in [3.05, 3.63) is 46.7 Å². The Kier molecular flexibility index (Phi) is 5.42. The molecule has 26 heavy (non-hydrogen) atoms. The Morgan fingerprint density at radius 2 is 2.12 bits per heavy atom. The standard InChI is InChI=1S/C20H23NO5/c1-13-18(20(23)25-3)16(11-14-7-4-5-9-17(14)24-2)19(22)21(13)12-15-8-6-10-26-15/h4-5,7,9,11,15H,6,8,10,12H2,1-3H3. The largest absolute Gasteiger partial charge is 0.496 e. The number of hydrogen-bond acceptors (Lipinski definition) is 5. The summed E-state index contributed by atoms with van der Waals surface area (Å²) in [5.41, 5.74) is 1.93. The first-order chi connectivity index (χ1) is 12.6. The third kappa shape index (κ3) is 3.37. The number of hydrogen-bond donors (Lipinski definition) is 0. The molecule has 6 heteroatoms. The lowest BCUT2D eigenvalue weighted by Gasteiger charge is -2.21. The van der Waals surface area contributed by atoms with Crippen LogP contribution in [0.1, 0.15) is 25.3 Å². The number of allylic oxidation sites excluding steroid dienone is 1. The Morgan fingerprint density at radius 1 is 1.35 bits per heavy atom. The van der Waals surface area contributed by atoms with E-state index < -0.39 is 5.97 Å². The van der Waals surface area contributed by atoms with E-state index >= 15 is 0 Å². The first-order valence-electron chi connectivity index (χ1n) is 8.64. The summed E-state index contributed by atoms with van der Waals surface area (Å²) in [5.74, 6) is -0.108. The van der Waals surface area contributed by atoms with Gasteiger partial charge < -0.3 is 19.1 Å². The third-order valence-corrected chi connectivity index (χ3v) is 4.75. The zero-order valence-corrected chi connectivity index (χ0v) is 15.3. The van der Waals surface area contributed by atoms with Gasteiger partial charge in [-0.25, -0.2) is 4.79 Å². The van der Waals surface area contributed by atoms with E-state index in [0.717, 1.165) is 18.4 Å². The molecule has 0 saturated carbocycles. The van der Waals surface area contributed by atoms with Crippen molar-refractivity contribution in [2.45, 2.75) is 25.9 Å². The molecular formula is C20H23NO5. The number of esters is 1. The Bertz CT molecular complexity index is 774. The molecule has 0 aliphatic carbocycles. The number of ether oxygens (including phenoxy) is 3. The number of rotatable bonds is 5. The van der Waals surface area contributed by atoms with E-state index in [1.54, 1.807) is 25.0 Å². The highest BCUT2D eigenvalue weighted by molar-refractivity contribution is 6.16. The summed E-state index contributed by atoms with van der Waals surface area (Å²) in [6, 6.07) is 7.35. The highest BCUT2D eigenvalue weighted by Gasteiger charge is 2.38. The van der Waals surface area contributed by atoms with Gasteiger partial charge in [0, 0.05) is 17.9 Å². The summed E-state index contributed by atoms with van der Waals surface area (Å²) in [4.78, 5) is 27.0. The maximum absolute atomic E-state index is 13.1. The van der Waals surface area contributed by atoms with Crippen LogP contribution >= 0.6 is 0 Å². The Morgan fingerprint density at radius 3 is 2.77 bits per heavy atom. The van der Waals surface area contributed by atoms with Gasteiger partial charge in [0.05, 0.1) is 38.0 Å². The molecule has 0 N–H and O–H groups in total. The van der Waals surface area contributed by atoms with Crippen LogP contribution in [0.2, 0.25) is 0 Å². The topological polar surface area (TPSA) is 65.1 Å². The zero-order chi connectivity index (χ0) is 18.7. The number of methoxy groups -OCH3 is 2. The van der Waals surface area contributed by atoms with Crippen molar-refractivity contribution >= 4 is 18.0 Å². The van der Waals surface area contributed by atoms with Crippen LogP contribution in [0.4, 0.5) is 0 Å². The molecule has 0 bridgehead atoms. The van der Waals surface area contributed by atoms with Crippen molar-refractivity contribution in [1.82, 2.24) is 4.90 Å². The van der Waals surface area contributed by atoms with E-state index in [-0.39, 0.29) is 12.0 Å². The van der Waals surface area contributed by atoms with Crippen molar-refractivity contribution in [3.63, 3.8) is 0 Å². The van der Waals surface area contributed by atoms with Crippen molar-refractivity contribution in [2.24, 2.45) is 0 Å². The fraction of sp³-hybridized carbons (Fsp3) is 0.400. The van der Waals surface area contributed by atoms with Gasteiger partial charge in [-0.1, -0.05) is 18.2 Å². The first kappa shape index (κ1) is 18.2. The molecule has 1 amide bonds. The third-order valence-electron chi connectivity index (χ3n) is 4.75. The average Bonchev–Trinajstić information content (AvgIpc) is 3.25. The van der Waals surface area contributed by atoms with E-state index in [9.17, 15) is 9.59 Å². The van der Waals surface area contributed by atoms with Crippen molar-refractivity contribution in [3.8, 4) is 5.75 Å². The molecule has 2 aliphatic rings. The number of benzene rings is 1. The van der Waals surface area contributed by atoms with Gasteiger partial charge in [0.2, 0.25) is 0 Å². The fourth-order valence-electron chi connectivity index (χ4n) is 3.38. The van der Waals surface area contributed by atoms with Crippen molar-refractivity contribution < 1.29 is 23.8 Å². The molecular weight excluding hydrogens is 334 g/mol. The summed E-state index contributed by atoms with van der Waals surface area (Å²) in [6.07, 6.45) is 3.59. The minimum absolute atomic E-state index is 0.00147. The van der Waals surface area contributed by atoms with Gasteiger partial charge in [-0.05, 0) is 31.9 Å². The van der Waals surface area contributed by atoms with E-state index in [1.807, 2.05) is 24.3 Å². The molecule has 138 valence electrons. The summed E-state index contributed by atoms with van der Waals surface area (Å²) >= 11 is 0. The molecule has 1 atom stereocenters. The van der Waals surface area contributed by atoms with E-state index in [2.05, 4.69) is 0 Å². The zero-order valence-electron chi connectivity index (χ0n) is 15.3. The first-order valence-corrected chi connectivity index (χ1v) is 8.64. The van der Waals surface area contributed by atoms with Crippen molar-refractivity contribution in [1.29, 1.82) is 0 Å². The minimum Gasteiger partial charge on any atom is -0.496 e. The van der Waals surface area contributed by atoms with Crippen LogP contribution < -0.4 is 4.74 Å². The second-order valence-corrected chi connectivity index (χ2v) is 6.30. The van der Waals surface area contributed by atoms with Gasteiger partial charge in [-0.3, -0.25) is 4.79 Å². The second-order valence-electron chi connectivity index (χ2n) is 6.30. The van der Waals surface area contributed by atoms with Crippen LogP contribution in [0.3, 0.4) is 0 Å². The highest BCUT2D eigenvalue weighted by Crippen LogP contribution is 2.34. The second kappa shape index (κ2) is 7.74. The van der Waals surface area contributed by atoms with Crippen LogP contribution in [-0.4, -0.2) is 50.3 Å². The maximum Gasteiger partial charge on any atom is 0.340 e. The summed E-state index contributed by atoms with van der Waals surface area (Å²) in [5, 5.41) is 0. The van der Waals surface area contributed by atoms with Crippen LogP contribution in [0.15, 0.2) is 41.1 Å². The Labute approximate surface area is 153 Å². The van der Waals surface area contributed by atoms with E-state index in [0.29, 0.717) is 35.7 Å². The normalized spacial score (nSPS) is 21.7. The molecule has 0 spiro atoms. The Balaban J connectivity index is 2.01. The average molecular weight is 357 g/mol. The van der Waals surface area contributed by atoms with E-state index in [1.165, 1.54) is 7.11 Å². The lowest BCUT2D eigenvalue weighted by Crippen LogP contribution is -2.33. The summed E-state index contributed by atoms with van der Waals surface area (Å²) in [7, 11) is 2.89. The molecule has 0 radical (unpaired) electrons. The molecule has 1 aromatic rings. The Hall–Kier alpha value is -2.60. The summed E-state index contributed by atoms with van der Waals surface area (Å²) < 4.78 is 15.9. The smallest absolute Gasteiger partial charge is 0.340 e. The predicted molar refractivity (Wildman–Crippen MR) is 96.4 cm³/mol. The van der Waals surface area contributed by atoms with Gasteiger partial charge in [0.25, 0.3) is 5.91 Å². The van der Waals surface area contributed by atoms with Crippen LogP contribution in [0.5, 0.6) is 5.75 Å². The van der Waals surface area contributed by atoms with Gasteiger partial charge in [0.15, 0.2) is 0 Å². The lowest BCUT2D eigenvalue weighted by atomic mass is 10.0. The summed E-state index contributed by atoms with van der Waals surface area (Å²) in [6.45, 7) is 2.92. The molecule has 0 aromatic heterocycles. The molecule has 2 aliphatic heterocycles. The van der Waals surface area contributed by atoms with Crippen molar-refractivity contribution in [2.75, 3.05) is 27.4 Å². The highest BCUT2D eigenvalue weighted by atomic mass is 16.5. The van der Waals surface area contributed by atoms with E-state index in [4.69, 9.17) is 14.2 Å². The number of amides is 1. The molecule has 6 nitrogen and oxygen atoms in total. The van der Waals surface area contributed by atoms with Gasteiger partial charge in [-0.15, -0.1) is 0 Å². The molecule has 3 rings (SSSR count). The number of carbonyl (C=O) groups is 2. The molecule has 1 fully saturated rings. The van der Waals surface area contributed by atoms with Gasteiger partial charge >= 0.3 is 5.97 Å². The van der Waals surface area contributed by atoms with Crippen LogP contribution in [-0.2, 0) is 19.1 Å². The molecule has 2 heterocycles. The quantitative estimate of drug-likeness (QED) is 0.599. The van der Waals surface area contributed by atoms with Gasteiger partial charge in [-0.2, -0.15) is 0 Å². The SMILES string of the molecule is COC(=O)C1=C(C)N(CC2CCCO2)C(=O)C1=Cc1ccccc1OC. The van der Waals surface area contributed by atoms with Crippen LogP contribution in [0.25, 0.3) is 6.08 Å². The van der Waals surface area contributed by atoms with Crippen LogP contribution in [0, 0.1) is 0 Å². The molecule has 1 aromatic carbocycles. The number of nitrogens with zero attached hydrogens (tertiary/aromatic N) is 1. The van der Waals surface area contributed by atoms with Gasteiger partial charge in [0.1, 0.15) is 5.75 Å². The number of carbonyl (C=O) groups excluding carboxylic acids is 2. The maximum atomic E-state index is 13.1. The fourth-order valence-corrected chi connectivity index (χ4v) is 3.38. The lowest BCUT2D eigenvalue weighted by molar-refractivity contribution is -0.136. The monoisotopic (exact) mass is 357 g/mol. The minimum atomic E-state index is -0.521. The number of para-hydroxylation sites is 1. The molecule has 1 saturated heterocycles.